The second-order valence-electron chi connectivity index (χ2n) is 7.34. The third kappa shape index (κ3) is 4.00. The van der Waals surface area contributed by atoms with Crippen molar-refractivity contribution in [1.29, 1.82) is 0 Å². The van der Waals surface area contributed by atoms with Gasteiger partial charge in [0.05, 0.1) is 6.10 Å². The maximum atomic E-state index is 9.61. The van der Waals surface area contributed by atoms with Crippen LogP contribution in [-0.4, -0.2) is 39.4 Å². The molecule has 2 aromatic rings. The topological polar surface area (TPSA) is 75.3 Å². The van der Waals surface area contributed by atoms with Crippen molar-refractivity contribution in [3.8, 4) is 11.4 Å². The molecular weight excluding hydrogens is 316 g/mol. The van der Waals surface area contributed by atoms with Crippen molar-refractivity contribution < 1.29 is 9.63 Å². The largest absolute Gasteiger partial charge is 0.393 e. The molecule has 0 radical (unpaired) electrons. The average Bonchev–Trinajstić information content (AvgIpc) is 3.12. The second kappa shape index (κ2) is 7.52. The van der Waals surface area contributed by atoms with Crippen LogP contribution in [0.2, 0.25) is 0 Å². The number of hydrogen-bond acceptors (Lipinski definition) is 6. The molecule has 0 atom stereocenters. The van der Waals surface area contributed by atoms with Gasteiger partial charge in [-0.05, 0) is 43.7 Å². The number of aromatic nitrogens is 3. The van der Waals surface area contributed by atoms with E-state index in [1.165, 1.54) is 32.1 Å². The van der Waals surface area contributed by atoms with E-state index in [0.29, 0.717) is 11.7 Å². The van der Waals surface area contributed by atoms with E-state index in [0.717, 1.165) is 49.6 Å². The standard InChI is InChI=1S/C19H26N4O2/c24-16-8-10-23(11-9-16)17-7-6-15(13-20-17)19-21-18(25-22-19)12-14-4-2-1-3-5-14/h6-7,13-14,16,24H,1-5,8-12H2. The predicted molar refractivity (Wildman–Crippen MR) is 95.3 cm³/mol. The summed E-state index contributed by atoms with van der Waals surface area (Å²) in [6, 6.07) is 4.01. The summed E-state index contributed by atoms with van der Waals surface area (Å²) < 4.78 is 5.45. The van der Waals surface area contributed by atoms with Crippen molar-refractivity contribution in [3.05, 3.63) is 24.2 Å². The van der Waals surface area contributed by atoms with Crippen LogP contribution in [0.4, 0.5) is 5.82 Å². The first kappa shape index (κ1) is 16.5. The van der Waals surface area contributed by atoms with E-state index in [2.05, 4.69) is 20.0 Å². The predicted octanol–water partition coefficient (Wildman–Crippen LogP) is 3.22. The highest BCUT2D eigenvalue weighted by atomic mass is 16.5. The van der Waals surface area contributed by atoms with E-state index in [4.69, 9.17) is 4.52 Å². The molecule has 0 amide bonds. The van der Waals surface area contributed by atoms with Gasteiger partial charge in [-0.3, -0.25) is 0 Å². The summed E-state index contributed by atoms with van der Waals surface area (Å²) in [5.74, 6) is 3.01. The summed E-state index contributed by atoms with van der Waals surface area (Å²) in [6.07, 6.45) is 10.7. The summed E-state index contributed by atoms with van der Waals surface area (Å²) in [5, 5.41) is 13.7. The molecule has 6 nitrogen and oxygen atoms in total. The SMILES string of the molecule is OC1CCN(c2ccc(-c3noc(CC4CCCCC4)n3)cn2)CC1. The van der Waals surface area contributed by atoms with E-state index < -0.39 is 0 Å². The van der Waals surface area contributed by atoms with Gasteiger partial charge >= 0.3 is 0 Å². The molecule has 2 aliphatic rings. The molecule has 1 N–H and O–H groups in total. The van der Waals surface area contributed by atoms with Gasteiger partial charge in [0.2, 0.25) is 11.7 Å². The van der Waals surface area contributed by atoms with Crippen LogP contribution < -0.4 is 4.90 Å². The van der Waals surface area contributed by atoms with E-state index >= 15 is 0 Å². The zero-order valence-corrected chi connectivity index (χ0v) is 14.6. The van der Waals surface area contributed by atoms with E-state index in [1.54, 1.807) is 0 Å². The zero-order chi connectivity index (χ0) is 17.1. The van der Waals surface area contributed by atoms with Crippen LogP contribution in [0.5, 0.6) is 0 Å². The van der Waals surface area contributed by atoms with Crippen molar-refractivity contribution in [2.45, 2.75) is 57.5 Å². The minimum Gasteiger partial charge on any atom is -0.393 e. The van der Waals surface area contributed by atoms with Crippen LogP contribution in [0.3, 0.4) is 0 Å². The highest BCUT2D eigenvalue weighted by molar-refractivity contribution is 5.55. The lowest BCUT2D eigenvalue weighted by atomic mass is 9.87. The molecule has 1 aliphatic carbocycles. The smallest absolute Gasteiger partial charge is 0.227 e. The normalized spacial score (nSPS) is 20.1. The average molecular weight is 342 g/mol. The number of rotatable bonds is 4. The number of piperidine rings is 1. The first-order chi connectivity index (χ1) is 12.3. The monoisotopic (exact) mass is 342 g/mol. The molecule has 0 spiro atoms. The Bertz CT molecular complexity index is 671. The van der Waals surface area contributed by atoms with Crippen molar-refractivity contribution in [2.75, 3.05) is 18.0 Å². The Morgan fingerprint density at radius 1 is 1.08 bits per heavy atom. The third-order valence-corrected chi connectivity index (χ3v) is 5.45. The Labute approximate surface area is 148 Å². The molecule has 1 saturated heterocycles. The first-order valence-electron chi connectivity index (χ1n) is 9.50. The van der Waals surface area contributed by atoms with Gasteiger partial charge in [0, 0.05) is 31.3 Å². The maximum absolute atomic E-state index is 9.61. The second-order valence-corrected chi connectivity index (χ2v) is 7.34. The molecule has 1 aliphatic heterocycles. The summed E-state index contributed by atoms with van der Waals surface area (Å²) in [6.45, 7) is 1.70. The number of aliphatic hydroxyl groups excluding tert-OH is 1. The van der Waals surface area contributed by atoms with E-state index in [9.17, 15) is 5.11 Å². The molecule has 2 aromatic heterocycles. The lowest BCUT2D eigenvalue weighted by Gasteiger charge is -2.30. The van der Waals surface area contributed by atoms with Crippen molar-refractivity contribution in [3.63, 3.8) is 0 Å². The van der Waals surface area contributed by atoms with Crippen LogP contribution in [0, 0.1) is 5.92 Å². The summed E-state index contributed by atoms with van der Waals surface area (Å²) in [4.78, 5) is 11.3. The van der Waals surface area contributed by atoms with Gasteiger partial charge in [0.1, 0.15) is 5.82 Å². The maximum Gasteiger partial charge on any atom is 0.227 e. The van der Waals surface area contributed by atoms with Crippen molar-refractivity contribution in [1.82, 2.24) is 15.1 Å². The Morgan fingerprint density at radius 3 is 2.60 bits per heavy atom. The molecule has 25 heavy (non-hydrogen) atoms. The lowest BCUT2D eigenvalue weighted by molar-refractivity contribution is 0.145. The van der Waals surface area contributed by atoms with Gasteiger partial charge in [0.15, 0.2) is 0 Å². The molecule has 0 aromatic carbocycles. The fourth-order valence-corrected chi connectivity index (χ4v) is 3.89. The zero-order valence-electron chi connectivity index (χ0n) is 14.6. The van der Waals surface area contributed by atoms with Crippen LogP contribution in [0.25, 0.3) is 11.4 Å². The molecule has 0 unspecified atom stereocenters. The van der Waals surface area contributed by atoms with Crippen LogP contribution >= 0.6 is 0 Å². The molecule has 6 heteroatoms. The van der Waals surface area contributed by atoms with Gasteiger partial charge in [0.25, 0.3) is 0 Å². The Hall–Kier alpha value is -1.95. The lowest BCUT2D eigenvalue weighted by Crippen LogP contribution is -2.36. The van der Waals surface area contributed by atoms with Gasteiger partial charge in [-0.1, -0.05) is 24.4 Å². The van der Waals surface area contributed by atoms with Crippen molar-refractivity contribution in [2.24, 2.45) is 5.92 Å². The number of pyridine rings is 1. The van der Waals surface area contributed by atoms with E-state index in [1.807, 2.05) is 18.3 Å². The van der Waals surface area contributed by atoms with Gasteiger partial charge in [-0.2, -0.15) is 4.98 Å². The highest BCUT2D eigenvalue weighted by Gasteiger charge is 2.20. The van der Waals surface area contributed by atoms with Gasteiger partial charge in [-0.15, -0.1) is 0 Å². The first-order valence-corrected chi connectivity index (χ1v) is 9.50. The Kier molecular flexibility index (Phi) is 4.97. The molecule has 1 saturated carbocycles. The molecule has 134 valence electrons. The molecule has 3 heterocycles. The summed E-state index contributed by atoms with van der Waals surface area (Å²) >= 11 is 0. The van der Waals surface area contributed by atoms with Gasteiger partial charge < -0.3 is 14.5 Å². The molecule has 2 fully saturated rings. The van der Waals surface area contributed by atoms with Crippen LogP contribution in [-0.2, 0) is 6.42 Å². The quantitative estimate of drug-likeness (QED) is 0.919. The fourth-order valence-electron chi connectivity index (χ4n) is 3.89. The molecular formula is C19H26N4O2. The van der Waals surface area contributed by atoms with Crippen LogP contribution in [0.15, 0.2) is 22.9 Å². The summed E-state index contributed by atoms with van der Waals surface area (Å²) in [7, 11) is 0. The van der Waals surface area contributed by atoms with Crippen molar-refractivity contribution >= 4 is 5.82 Å². The summed E-state index contributed by atoms with van der Waals surface area (Å²) in [5.41, 5.74) is 0.888. The molecule has 0 bridgehead atoms. The third-order valence-electron chi connectivity index (χ3n) is 5.45. The minimum absolute atomic E-state index is 0.169. The highest BCUT2D eigenvalue weighted by Crippen LogP contribution is 2.27. The number of hydrogen-bond donors (Lipinski definition) is 1. The fraction of sp³-hybridized carbons (Fsp3) is 0.632. The Balaban J connectivity index is 1.40. The van der Waals surface area contributed by atoms with Gasteiger partial charge in [-0.25, -0.2) is 4.98 Å². The van der Waals surface area contributed by atoms with E-state index in [-0.39, 0.29) is 6.10 Å². The van der Waals surface area contributed by atoms with Crippen LogP contribution in [0.1, 0.15) is 50.8 Å². The minimum atomic E-state index is -0.169. The number of aliphatic hydroxyl groups is 1. The Morgan fingerprint density at radius 2 is 1.88 bits per heavy atom. The number of nitrogens with zero attached hydrogens (tertiary/aromatic N) is 4. The molecule has 4 rings (SSSR count). The number of anilines is 1.